The Hall–Kier alpha value is -0.0800. The maximum absolute atomic E-state index is 6.61. The first-order chi connectivity index (χ1) is 8.70. The van der Waals surface area contributed by atoms with Crippen molar-refractivity contribution in [1.29, 1.82) is 0 Å². The Labute approximate surface area is 113 Å². The molecule has 0 heterocycles. The number of nitrogens with one attached hydrogen (secondary N) is 1. The molecule has 0 saturated heterocycles. The lowest BCUT2D eigenvalue weighted by Gasteiger charge is -2.37. The van der Waals surface area contributed by atoms with Gasteiger partial charge in [0.05, 0.1) is 11.7 Å². The van der Waals surface area contributed by atoms with Crippen molar-refractivity contribution >= 4 is 0 Å². The van der Waals surface area contributed by atoms with E-state index in [1.54, 1.807) is 0 Å². The molecule has 0 aromatic carbocycles. The molecule has 106 valence electrons. The van der Waals surface area contributed by atoms with E-state index in [1.807, 2.05) is 0 Å². The fraction of sp³-hybridized carbons (Fsp3) is 1.00. The zero-order valence-electron chi connectivity index (χ0n) is 12.3. The van der Waals surface area contributed by atoms with Crippen LogP contribution in [0.4, 0.5) is 0 Å². The van der Waals surface area contributed by atoms with Gasteiger partial charge in [-0.2, -0.15) is 0 Å². The predicted octanol–water partition coefficient (Wildman–Crippen LogP) is 4.04. The number of ether oxygens (including phenoxy) is 1. The number of rotatable bonds is 5. The first kappa shape index (κ1) is 14.3. The van der Waals surface area contributed by atoms with Crippen LogP contribution in [0.2, 0.25) is 0 Å². The summed E-state index contributed by atoms with van der Waals surface area (Å²) in [6.07, 6.45) is 13.9. The van der Waals surface area contributed by atoms with Crippen LogP contribution in [0.3, 0.4) is 0 Å². The summed E-state index contributed by atoms with van der Waals surface area (Å²) in [5, 5.41) is 3.63. The predicted molar refractivity (Wildman–Crippen MR) is 76.9 cm³/mol. The van der Waals surface area contributed by atoms with Crippen molar-refractivity contribution in [1.82, 2.24) is 5.32 Å². The van der Waals surface area contributed by atoms with E-state index in [0.717, 1.165) is 6.54 Å². The molecule has 2 rings (SSSR count). The second-order valence-corrected chi connectivity index (χ2v) is 6.66. The third-order valence-corrected chi connectivity index (χ3v) is 4.57. The van der Waals surface area contributed by atoms with Gasteiger partial charge in [0.25, 0.3) is 0 Å². The van der Waals surface area contributed by atoms with Gasteiger partial charge in [-0.15, -0.1) is 0 Å². The van der Waals surface area contributed by atoms with E-state index in [0.29, 0.717) is 12.1 Å². The van der Waals surface area contributed by atoms with Gasteiger partial charge in [-0.25, -0.2) is 0 Å². The molecule has 2 nitrogen and oxygen atoms in total. The summed E-state index contributed by atoms with van der Waals surface area (Å²) in [6, 6.07) is 0.567. The van der Waals surface area contributed by atoms with Crippen molar-refractivity contribution in [2.75, 3.05) is 6.54 Å². The molecule has 2 saturated carbocycles. The minimum atomic E-state index is 0.149. The van der Waals surface area contributed by atoms with Crippen LogP contribution < -0.4 is 5.32 Å². The summed E-state index contributed by atoms with van der Waals surface area (Å²) in [6.45, 7) is 5.53. The summed E-state index contributed by atoms with van der Waals surface area (Å²) < 4.78 is 6.61. The highest BCUT2D eigenvalue weighted by atomic mass is 16.5. The summed E-state index contributed by atoms with van der Waals surface area (Å²) in [4.78, 5) is 0. The number of hydrogen-bond donors (Lipinski definition) is 1. The molecule has 0 unspecified atom stereocenters. The van der Waals surface area contributed by atoms with Gasteiger partial charge in [-0.3, -0.25) is 0 Å². The first-order valence-corrected chi connectivity index (χ1v) is 8.11. The van der Waals surface area contributed by atoms with Crippen molar-refractivity contribution in [2.24, 2.45) is 0 Å². The van der Waals surface area contributed by atoms with Gasteiger partial charge in [0.15, 0.2) is 0 Å². The third-order valence-electron chi connectivity index (χ3n) is 4.57. The summed E-state index contributed by atoms with van der Waals surface area (Å²) in [5.74, 6) is 0. The van der Waals surface area contributed by atoms with E-state index < -0.39 is 0 Å². The lowest BCUT2D eigenvalue weighted by molar-refractivity contribution is -0.0990. The SMILES string of the molecule is CC(C)NCC1(OC2CCCC2)CCCCCC1. The van der Waals surface area contributed by atoms with Crippen LogP contribution in [0, 0.1) is 0 Å². The normalized spacial score (nSPS) is 25.5. The van der Waals surface area contributed by atoms with Crippen LogP contribution >= 0.6 is 0 Å². The molecule has 1 N–H and O–H groups in total. The highest BCUT2D eigenvalue weighted by Gasteiger charge is 2.35. The molecule has 0 bridgehead atoms. The highest BCUT2D eigenvalue weighted by molar-refractivity contribution is 4.88. The van der Waals surface area contributed by atoms with E-state index in [2.05, 4.69) is 19.2 Å². The molecule has 2 aliphatic rings. The highest BCUT2D eigenvalue weighted by Crippen LogP contribution is 2.34. The molecule has 0 amide bonds. The Morgan fingerprint density at radius 2 is 1.61 bits per heavy atom. The molecule has 0 aliphatic heterocycles. The molecule has 18 heavy (non-hydrogen) atoms. The lowest BCUT2D eigenvalue weighted by atomic mass is 9.93. The van der Waals surface area contributed by atoms with Gasteiger partial charge >= 0.3 is 0 Å². The fourth-order valence-electron chi connectivity index (χ4n) is 3.46. The molecule has 2 fully saturated rings. The minimum Gasteiger partial charge on any atom is -0.370 e. The molecule has 0 atom stereocenters. The van der Waals surface area contributed by atoms with Crippen LogP contribution in [0.5, 0.6) is 0 Å². The monoisotopic (exact) mass is 253 g/mol. The topological polar surface area (TPSA) is 21.3 Å². The van der Waals surface area contributed by atoms with Gasteiger partial charge in [0.1, 0.15) is 0 Å². The Morgan fingerprint density at radius 3 is 2.17 bits per heavy atom. The van der Waals surface area contributed by atoms with E-state index in [9.17, 15) is 0 Å². The zero-order valence-corrected chi connectivity index (χ0v) is 12.3. The van der Waals surface area contributed by atoms with Crippen molar-refractivity contribution in [3.8, 4) is 0 Å². The van der Waals surface area contributed by atoms with Crippen LogP contribution in [-0.4, -0.2) is 24.3 Å². The molecule has 2 heteroatoms. The average Bonchev–Trinajstić information content (AvgIpc) is 2.72. The molecule has 0 aromatic rings. The Kier molecular flexibility index (Phi) is 5.50. The van der Waals surface area contributed by atoms with Crippen molar-refractivity contribution in [3.05, 3.63) is 0 Å². The number of hydrogen-bond acceptors (Lipinski definition) is 2. The van der Waals surface area contributed by atoms with E-state index >= 15 is 0 Å². The van der Waals surface area contributed by atoms with Gasteiger partial charge in [-0.1, -0.05) is 52.4 Å². The minimum absolute atomic E-state index is 0.149. The van der Waals surface area contributed by atoms with Crippen molar-refractivity contribution in [3.63, 3.8) is 0 Å². The largest absolute Gasteiger partial charge is 0.370 e. The Bertz CT molecular complexity index is 225. The molecule has 0 spiro atoms. The third kappa shape index (κ3) is 4.24. The zero-order chi connectivity index (χ0) is 12.8. The maximum atomic E-state index is 6.61. The summed E-state index contributed by atoms with van der Waals surface area (Å²) in [7, 11) is 0. The van der Waals surface area contributed by atoms with E-state index in [-0.39, 0.29) is 5.60 Å². The van der Waals surface area contributed by atoms with Crippen LogP contribution in [0.1, 0.15) is 78.1 Å². The molecular weight excluding hydrogens is 222 g/mol. The molecule has 2 aliphatic carbocycles. The first-order valence-electron chi connectivity index (χ1n) is 8.11. The average molecular weight is 253 g/mol. The molecule has 0 radical (unpaired) electrons. The van der Waals surface area contributed by atoms with Crippen molar-refractivity contribution < 1.29 is 4.74 Å². The van der Waals surface area contributed by atoms with E-state index in [1.165, 1.54) is 64.2 Å². The van der Waals surface area contributed by atoms with Gasteiger partial charge in [0, 0.05) is 12.6 Å². The summed E-state index contributed by atoms with van der Waals surface area (Å²) >= 11 is 0. The summed E-state index contributed by atoms with van der Waals surface area (Å²) in [5.41, 5.74) is 0.149. The smallest absolute Gasteiger partial charge is 0.0810 e. The van der Waals surface area contributed by atoms with Gasteiger partial charge in [0.2, 0.25) is 0 Å². The molecular formula is C16H31NO. The van der Waals surface area contributed by atoms with Crippen LogP contribution in [-0.2, 0) is 4.74 Å². The van der Waals surface area contributed by atoms with E-state index in [4.69, 9.17) is 4.74 Å². The van der Waals surface area contributed by atoms with Crippen molar-refractivity contribution in [2.45, 2.75) is 95.8 Å². The molecule has 0 aromatic heterocycles. The van der Waals surface area contributed by atoms with Gasteiger partial charge < -0.3 is 10.1 Å². The van der Waals surface area contributed by atoms with Gasteiger partial charge in [-0.05, 0) is 25.7 Å². The second-order valence-electron chi connectivity index (χ2n) is 6.66. The quantitative estimate of drug-likeness (QED) is 0.747. The maximum Gasteiger partial charge on any atom is 0.0810 e. The Morgan fingerprint density at radius 1 is 1.00 bits per heavy atom. The lowest BCUT2D eigenvalue weighted by Crippen LogP contribution is -2.46. The standard InChI is InChI=1S/C16H31NO/c1-14(2)17-13-16(11-7-3-4-8-12-16)18-15-9-5-6-10-15/h14-15,17H,3-13H2,1-2H3. The Balaban J connectivity index is 1.94. The second kappa shape index (κ2) is 6.91. The fourth-order valence-corrected chi connectivity index (χ4v) is 3.46. The van der Waals surface area contributed by atoms with Crippen LogP contribution in [0.25, 0.3) is 0 Å². The van der Waals surface area contributed by atoms with Crippen LogP contribution in [0.15, 0.2) is 0 Å².